The minimum atomic E-state index is -3.85. The number of pyridine rings is 1. The zero-order valence-corrected chi connectivity index (χ0v) is 16.4. The number of hydrogen-bond donors (Lipinski definition) is 1. The monoisotopic (exact) mass is 403 g/mol. The molecule has 0 radical (unpaired) electrons. The number of sulfonamides is 1. The van der Waals surface area contributed by atoms with E-state index in [2.05, 4.69) is 10.3 Å². The number of carbonyl (C=O) groups is 1. The summed E-state index contributed by atoms with van der Waals surface area (Å²) < 4.78 is 26.9. The number of benzene rings is 2. The number of aromatic nitrogens is 1. The first-order chi connectivity index (χ1) is 12.8. The van der Waals surface area contributed by atoms with Gasteiger partial charge in [-0.1, -0.05) is 29.8 Å². The number of hydrogen-bond acceptors (Lipinski definition) is 4. The van der Waals surface area contributed by atoms with Crippen LogP contribution >= 0.6 is 11.6 Å². The molecule has 0 bridgehead atoms. The lowest BCUT2D eigenvalue weighted by molar-refractivity contribution is -0.116. The lowest BCUT2D eigenvalue weighted by atomic mass is 10.2. The summed E-state index contributed by atoms with van der Waals surface area (Å²) in [6.45, 7) is 1.53. The molecule has 3 rings (SSSR count). The number of aryl methyl sites for hydroxylation is 1. The van der Waals surface area contributed by atoms with E-state index >= 15 is 0 Å². The van der Waals surface area contributed by atoms with E-state index in [9.17, 15) is 13.2 Å². The van der Waals surface area contributed by atoms with Crippen LogP contribution in [0.1, 0.15) is 5.56 Å². The Bertz CT molecular complexity index is 1110. The molecule has 0 atom stereocenters. The van der Waals surface area contributed by atoms with Crippen molar-refractivity contribution in [2.45, 2.75) is 11.8 Å². The molecule has 0 saturated carbocycles. The summed E-state index contributed by atoms with van der Waals surface area (Å²) in [5.74, 6) is -0.456. The second-order valence-electron chi connectivity index (χ2n) is 6.13. The molecular formula is C19H18ClN3O3S. The van der Waals surface area contributed by atoms with Crippen molar-refractivity contribution in [3.63, 3.8) is 0 Å². The highest BCUT2D eigenvalue weighted by Gasteiger charge is 2.25. The van der Waals surface area contributed by atoms with Gasteiger partial charge in [0.15, 0.2) is 0 Å². The van der Waals surface area contributed by atoms with Gasteiger partial charge in [-0.3, -0.25) is 9.78 Å². The molecule has 1 aromatic heterocycles. The first kappa shape index (κ1) is 19.3. The highest BCUT2D eigenvalue weighted by atomic mass is 35.5. The smallest absolute Gasteiger partial charge is 0.243 e. The molecule has 0 aliphatic rings. The van der Waals surface area contributed by atoms with Crippen LogP contribution < -0.4 is 5.32 Å². The first-order valence-corrected chi connectivity index (χ1v) is 9.96. The molecule has 8 heteroatoms. The molecule has 27 heavy (non-hydrogen) atoms. The fourth-order valence-corrected chi connectivity index (χ4v) is 4.16. The quantitative estimate of drug-likeness (QED) is 0.707. The Kier molecular flexibility index (Phi) is 5.46. The van der Waals surface area contributed by atoms with Gasteiger partial charge in [0.2, 0.25) is 15.9 Å². The standard InChI is InChI=1S/C19H18ClN3O3S/c1-13-6-7-15(10-17(13)20)22-19(24)12-23(2)27(25,26)18-5-3-4-14-11-21-9-8-16(14)18/h3-11H,12H2,1-2H3,(H,22,24). The summed E-state index contributed by atoms with van der Waals surface area (Å²) in [5.41, 5.74) is 1.40. The van der Waals surface area contributed by atoms with Crippen molar-refractivity contribution < 1.29 is 13.2 Å². The minimum absolute atomic E-state index is 0.135. The molecule has 140 valence electrons. The van der Waals surface area contributed by atoms with Gasteiger partial charge in [-0.2, -0.15) is 4.31 Å². The molecule has 1 N–H and O–H groups in total. The zero-order chi connectivity index (χ0) is 19.6. The van der Waals surface area contributed by atoms with Gasteiger partial charge in [-0.15, -0.1) is 0 Å². The Balaban J connectivity index is 1.80. The highest BCUT2D eigenvalue weighted by Crippen LogP contribution is 2.24. The van der Waals surface area contributed by atoms with Crippen LogP contribution in [0.5, 0.6) is 0 Å². The maximum Gasteiger partial charge on any atom is 0.243 e. The van der Waals surface area contributed by atoms with E-state index < -0.39 is 15.9 Å². The van der Waals surface area contributed by atoms with Crippen LogP contribution in [-0.2, 0) is 14.8 Å². The SMILES string of the molecule is Cc1ccc(NC(=O)CN(C)S(=O)(=O)c2cccc3cnccc23)cc1Cl. The van der Waals surface area contributed by atoms with Crippen LogP contribution in [0, 0.1) is 6.92 Å². The minimum Gasteiger partial charge on any atom is -0.325 e. The lowest BCUT2D eigenvalue weighted by Crippen LogP contribution is -2.35. The van der Waals surface area contributed by atoms with Gasteiger partial charge in [0.05, 0.1) is 11.4 Å². The number of amides is 1. The number of rotatable bonds is 5. The van der Waals surface area contributed by atoms with Crippen LogP contribution in [0.3, 0.4) is 0 Å². The third-order valence-electron chi connectivity index (χ3n) is 4.15. The van der Waals surface area contributed by atoms with E-state index in [-0.39, 0.29) is 11.4 Å². The second kappa shape index (κ2) is 7.64. The van der Waals surface area contributed by atoms with Crippen LogP contribution in [0.25, 0.3) is 10.8 Å². The number of anilines is 1. The van der Waals surface area contributed by atoms with E-state index in [0.29, 0.717) is 21.5 Å². The Morgan fingerprint density at radius 2 is 2.00 bits per heavy atom. The Morgan fingerprint density at radius 1 is 1.22 bits per heavy atom. The topological polar surface area (TPSA) is 79.4 Å². The third-order valence-corrected chi connectivity index (χ3v) is 6.42. The van der Waals surface area contributed by atoms with Crippen molar-refractivity contribution in [3.05, 3.63) is 65.4 Å². The van der Waals surface area contributed by atoms with Crippen molar-refractivity contribution >= 4 is 44.0 Å². The molecule has 0 aliphatic heterocycles. The van der Waals surface area contributed by atoms with Crippen LogP contribution in [0.2, 0.25) is 5.02 Å². The maximum atomic E-state index is 12.9. The van der Waals surface area contributed by atoms with E-state index in [4.69, 9.17) is 11.6 Å². The van der Waals surface area contributed by atoms with Gasteiger partial charge in [-0.25, -0.2) is 8.42 Å². The molecule has 2 aromatic carbocycles. The molecule has 0 unspecified atom stereocenters. The van der Waals surface area contributed by atoms with E-state index in [0.717, 1.165) is 9.87 Å². The second-order valence-corrected chi connectivity index (χ2v) is 8.55. The summed E-state index contributed by atoms with van der Waals surface area (Å²) in [6.07, 6.45) is 3.14. The number of nitrogens with zero attached hydrogens (tertiary/aromatic N) is 2. The van der Waals surface area contributed by atoms with Crippen molar-refractivity contribution in [1.82, 2.24) is 9.29 Å². The molecule has 1 amide bonds. The van der Waals surface area contributed by atoms with Crippen LogP contribution in [0.15, 0.2) is 59.8 Å². The number of fused-ring (bicyclic) bond motifs is 1. The van der Waals surface area contributed by atoms with Gasteiger partial charge >= 0.3 is 0 Å². The fraction of sp³-hybridized carbons (Fsp3) is 0.158. The van der Waals surface area contributed by atoms with Crippen molar-refractivity contribution in [1.29, 1.82) is 0 Å². The summed E-state index contributed by atoms with van der Waals surface area (Å²) in [7, 11) is -2.48. The summed E-state index contributed by atoms with van der Waals surface area (Å²) in [4.78, 5) is 16.4. The Hall–Kier alpha value is -2.48. The molecule has 6 nitrogen and oxygen atoms in total. The highest BCUT2D eigenvalue weighted by molar-refractivity contribution is 7.89. The molecular weight excluding hydrogens is 386 g/mol. The van der Waals surface area contributed by atoms with Gasteiger partial charge in [0, 0.05) is 40.9 Å². The summed E-state index contributed by atoms with van der Waals surface area (Å²) >= 11 is 6.05. The maximum absolute atomic E-state index is 12.9. The Labute approximate surface area is 162 Å². The van der Waals surface area contributed by atoms with E-state index in [1.165, 1.54) is 19.3 Å². The lowest BCUT2D eigenvalue weighted by Gasteiger charge is -2.18. The molecule has 0 saturated heterocycles. The van der Waals surface area contributed by atoms with Crippen molar-refractivity contribution in [2.24, 2.45) is 0 Å². The van der Waals surface area contributed by atoms with Gasteiger partial charge in [-0.05, 0) is 36.8 Å². The number of nitrogens with one attached hydrogen (secondary N) is 1. The van der Waals surface area contributed by atoms with Gasteiger partial charge in [0.25, 0.3) is 0 Å². The van der Waals surface area contributed by atoms with E-state index in [1.807, 2.05) is 6.92 Å². The van der Waals surface area contributed by atoms with Gasteiger partial charge in [0.1, 0.15) is 0 Å². The first-order valence-electron chi connectivity index (χ1n) is 8.14. The van der Waals surface area contributed by atoms with E-state index in [1.54, 1.807) is 42.6 Å². The average Bonchev–Trinajstić information content (AvgIpc) is 2.64. The molecule has 0 fully saturated rings. The van der Waals surface area contributed by atoms with Crippen molar-refractivity contribution in [3.8, 4) is 0 Å². The largest absolute Gasteiger partial charge is 0.325 e. The zero-order valence-electron chi connectivity index (χ0n) is 14.8. The predicted molar refractivity (Wildman–Crippen MR) is 106 cm³/mol. The van der Waals surface area contributed by atoms with Crippen LogP contribution in [-0.4, -0.2) is 37.2 Å². The molecule has 1 heterocycles. The molecule has 3 aromatic rings. The Morgan fingerprint density at radius 3 is 2.74 bits per heavy atom. The summed E-state index contributed by atoms with van der Waals surface area (Å²) in [5, 5.41) is 4.46. The average molecular weight is 404 g/mol. The predicted octanol–water partition coefficient (Wildman–Crippen LogP) is 3.46. The molecule has 0 aliphatic carbocycles. The normalized spacial score (nSPS) is 11.7. The number of halogens is 1. The summed E-state index contributed by atoms with van der Waals surface area (Å²) in [6, 6.07) is 11.7. The van der Waals surface area contributed by atoms with Crippen molar-refractivity contribution in [2.75, 3.05) is 18.9 Å². The van der Waals surface area contributed by atoms with Gasteiger partial charge < -0.3 is 5.32 Å². The van der Waals surface area contributed by atoms with Crippen LogP contribution in [0.4, 0.5) is 5.69 Å². The number of carbonyl (C=O) groups excluding carboxylic acids is 1. The fourth-order valence-electron chi connectivity index (χ4n) is 2.64. The molecule has 0 spiro atoms. The third kappa shape index (κ3) is 4.10. The number of likely N-dealkylation sites (N-methyl/N-ethyl adjacent to an activating group) is 1.